The van der Waals surface area contributed by atoms with Crippen molar-refractivity contribution < 1.29 is 35.1 Å². The van der Waals surface area contributed by atoms with Gasteiger partial charge in [-0.1, -0.05) is 233 Å². The molecule has 6 aliphatic rings. The van der Waals surface area contributed by atoms with E-state index in [9.17, 15) is 0 Å². The van der Waals surface area contributed by atoms with Gasteiger partial charge in [-0.15, -0.1) is 0 Å². The molecular formula is C84H86N4O6S2. The topological polar surface area (TPSA) is 127 Å². The fourth-order valence-electron chi connectivity index (χ4n) is 17.8. The van der Waals surface area contributed by atoms with Crippen molar-refractivity contribution in [2.45, 2.75) is 112 Å². The van der Waals surface area contributed by atoms with E-state index in [-0.39, 0.29) is 21.7 Å². The summed E-state index contributed by atoms with van der Waals surface area (Å²) in [6, 6.07) is 78.4. The summed E-state index contributed by atoms with van der Waals surface area (Å²) in [5.74, 6) is 0. The lowest BCUT2D eigenvalue weighted by Gasteiger charge is -2.35. The van der Waals surface area contributed by atoms with Crippen molar-refractivity contribution in [1.29, 1.82) is 0 Å². The lowest BCUT2D eigenvalue weighted by atomic mass is 9.67. The number of para-hydroxylation sites is 2. The number of fused-ring (bicyclic) bond motifs is 10. The zero-order chi connectivity index (χ0) is 67.0. The van der Waals surface area contributed by atoms with Gasteiger partial charge >= 0.3 is 0 Å². The maximum atomic E-state index is 9.08. The molecule has 2 aliphatic carbocycles. The van der Waals surface area contributed by atoms with Gasteiger partial charge in [-0.2, -0.15) is 9.15 Å². The number of rotatable bonds is 12. The van der Waals surface area contributed by atoms with E-state index in [1.165, 1.54) is 176 Å². The summed E-state index contributed by atoms with van der Waals surface area (Å²) in [4.78, 5) is 5.00. The average Bonchev–Trinajstić information content (AvgIpc) is 1.59. The van der Waals surface area contributed by atoms with E-state index >= 15 is 0 Å². The van der Waals surface area contributed by atoms with Gasteiger partial charge in [0, 0.05) is 83.5 Å². The van der Waals surface area contributed by atoms with E-state index in [2.05, 4.69) is 290 Å². The van der Waals surface area contributed by atoms with E-state index in [0.717, 1.165) is 25.7 Å². The molecule has 0 radical (unpaired) electrons. The van der Waals surface area contributed by atoms with Crippen molar-refractivity contribution in [1.82, 2.24) is 0 Å². The zero-order valence-corrected chi connectivity index (χ0v) is 57.7. The number of likely N-dealkylation sites (N-methyl/N-ethyl adjacent to an activating group) is 2. The van der Waals surface area contributed by atoms with Crippen LogP contribution in [-0.2, 0) is 67.6 Å². The fraction of sp³-hybridized carbons (Fsp3) is 0.286. The van der Waals surface area contributed by atoms with Crippen LogP contribution in [0.3, 0.4) is 0 Å². The summed E-state index contributed by atoms with van der Waals surface area (Å²) in [6.45, 7) is 0. The molecule has 2 spiro atoms. The van der Waals surface area contributed by atoms with Gasteiger partial charge in [-0.05, 0) is 132 Å². The molecule has 4 heterocycles. The van der Waals surface area contributed by atoms with Gasteiger partial charge in [-0.3, -0.25) is 0 Å². The third-order valence-corrected chi connectivity index (χ3v) is 21.6. The highest BCUT2D eigenvalue weighted by Crippen LogP contribution is 2.56. The number of hydrogen-bond acceptors (Lipinski definition) is 8. The minimum Gasteiger partial charge on any atom is -0.748 e. The molecule has 0 aromatic heterocycles. The first-order valence-corrected chi connectivity index (χ1v) is 37.5. The third-order valence-electron chi connectivity index (χ3n) is 21.6. The molecule has 96 heavy (non-hydrogen) atoms. The molecule has 0 amide bonds. The molecule has 10 nitrogen and oxygen atoms in total. The average molecular weight is 1310 g/mol. The summed E-state index contributed by atoms with van der Waals surface area (Å²) in [6.07, 6.45) is 31.9. The Balaban J connectivity index is 0.000000778. The number of benzene rings is 9. The lowest BCUT2D eigenvalue weighted by molar-refractivity contribution is -0.400. The van der Waals surface area contributed by atoms with Crippen LogP contribution >= 0.6 is 0 Å². The Morgan fingerprint density at radius 1 is 0.396 bits per heavy atom. The Hall–Kier alpha value is -8.78. The van der Waals surface area contributed by atoms with Crippen LogP contribution in [0.25, 0.3) is 21.5 Å². The van der Waals surface area contributed by atoms with Crippen molar-refractivity contribution >= 4 is 76.0 Å². The first-order chi connectivity index (χ1) is 46.2. The highest BCUT2D eigenvalue weighted by atomic mass is 32.2. The molecule has 4 aliphatic heterocycles. The molecular weight excluding hydrogens is 1230 g/mol. The lowest BCUT2D eigenvalue weighted by Crippen LogP contribution is -2.36. The monoisotopic (exact) mass is 1310 g/mol. The van der Waals surface area contributed by atoms with Crippen molar-refractivity contribution in [2.24, 2.45) is 0 Å². The SMILES string of the molecule is CN1C(=CC=CC2=[N+](C)c3c(ccc4ccccc34)C23CCCCC3)C(Cc2ccccc2)(Cc2ccc(CC3(Cc4ccccc4)C(=CC=CC4=[N+](C)c5c(ccc6ccccc56)C45CCCCC5)N(C)c4ccccc43)cc2)c2ccccc21.CS(=O)(=O)[O-].CS(=O)(=O)[O-]. The van der Waals surface area contributed by atoms with Crippen molar-refractivity contribution in [3.05, 3.63) is 299 Å². The Morgan fingerprint density at radius 3 is 1.07 bits per heavy atom. The van der Waals surface area contributed by atoms with Gasteiger partial charge in [0.2, 0.25) is 11.4 Å². The molecule has 0 N–H and O–H groups in total. The smallest absolute Gasteiger partial charge is 0.217 e. The Kier molecular flexibility index (Phi) is 18.3. The van der Waals surface area contributed by atoms with Crippen molar-refractivity contribution in [3.63, 3.8) is 0 Å². The van der Waals surface area contributed by atoms with E-state index < -0.39 is 20.2 Å². The minimum atomic E-state index is -3.92. The van der Waals surface area contributed by atoms with Gasteiger partial charge < -0.3 is 18.9 Å². The predicted octanol–water partition coefficient (Wildman–Crippen LogP) is 16.8. The van der Waals surface area contributed by atoms with Crippen molar-refractivity contribution in [3.8, 4) is 0 Å². The predicted molar refractivity (Wildman–Crippen MR) is 392 cm³/mol. The normalized spacial score (nSPS) is 20.9. The summed E-state index contributed by atoms with van der Waals surface area (Å²) in [5.41, 5.74) is 21.5. The Labute approximate surface area is 568 Å². The largest absolute Gasteiger partial charge is 0.748 e. The first-order valence-electron chi connectivity index (χ1n) is 33.9. The molecule has 0 bridgehead atoms. The minimum absolute atomic E-state index is 0.0184. The molecule has 9 aromatic carbocycles. The molecule has 15 rings (SSSR count). The summed E-state index contributed by atoms with van der Waals surface area (Å²) >= 11 is 0. The summed E-state index contributed by atoms with van der Waals surface area (Å²) in [5, 5.41) is 5.34. The van der Waals surface area contributed by atoms with E-state index in [1.54, 1.807) is 0 Å². The van der Waals surface area contributed by atoms with E-state index in [4.69, 9.17) is 25.9 Å². The Morgan fingerprint density at radius 2 is 0.708 bits per heavy atom. The van der Waals surface area contributed by atoms with Gasteiger partial charge in [0.25, 0.3) is 0 Å². The van der Waals surface area contributed by atoms with Crippen LogP contribution in [0.15, 0.2) is 254 Å². The maximum Gasteiger partial charge on any atom is 0.217 e. The second-order valence-electron chi connectivity index (χ2n) is 27.6. The van der Waals surface area contributed by atoms with Gasteiger partial charge in [0.05, 0.1) is 41.8 Å². The van der Waals surface area contributed by atoms with Crippen LogP contribution in [0, 0.1) is 0 Å². The number of anilines is 2. The molecule has 9 aromatic rings. The van der Waals surface area contributed by atoms with Crippen molar-refractivity contribution in [2.75, 3.05) is 50.5 Å². The van der Waals surface area contributed by atoms with Crippen LogP contribution < -0.4 is 9.80 Å². The summed E-state index contributed by atoms with van der Waals surface area (Å²) in [7, 11) is 1.42. The molecule has 2 atom stereocenters. The number of nitrogens with zero attached hydrogens (tertiary/aromatic N) is 4. The highest BCUT2D eigenvalue weighted by molar-refractivity contribution is 7.85. The molecule has 490 valence electrons. The quantitative estimate of drug-likeness (QED) is 0.0874. The van der Waals surface area contributed by atoms with Gasteiger partial charge in [0.15, 0.2) is 11.4 Å². The van der Waals surface area contributed by atoms with Gasteiger partial charge in [0.1, 0.15) is 14.1 Å². The molecule has 12 heteroatoms. The third kappa shape index (κ3) is 12.6. The van der Waals surface area contributed by atoms with Crippen LogP contribution in [-0.4, -0.2) is 87.2 Å². The van der Waals surface area contributed by atoms with E-state index in [0.29, 0.717) is 12.5 Å². The van der Waals surface area contributed by atoms with Crippen LogP contribution in [0.5, 0.6) is 0 Å². The molecule has 2 saturated carbocycles. The molecule has 0 saturated heterocycles. The number of hydrogen-bond donors (Lipinski definition) is 0. The molecule has 2 unspecified atom stereocenters. The van der Waals surface area contributed by atoms with Crippen LogP contribution in [0.1, 0.15) is 109 Å². The zero-order valence-electron chi connectivity index (χ0n) is 56.0. The highest BCUT2D eigenvalue weighted by Gasteiger charge is 2.53. The standard InChI is InChI=1S/C82H80N4.2CH4O3S/c1-83-71-37-19-17-35-67(71)81(55-59-27-9-5-10-28-59,75(83)41-25-39-73-79(51-21-7-22-52-79)69-49-47-63-31-13-15-33-65(63)77(69)85(73)3)57-61-43-45-62(46-44-61)58-82(56-60-29-11-6-12-30-60)68-36-18-20-38-72(68)84(2)76(82)42-26-40-74-80(53-23-8-24-54-80)70-50-48-64-32-14-16-34-66(64)78(70)86(74)4;2*1-5(2,3)4/h5-6,9-20,25-50H,7-8,21-24,51-58H2,1-4H3;2*1H3,(H,2,3,4)/q+2;;/p-2. The van der Waals surface area contributed by atoms with Gasteiger partial charge in [-0.25, -0.2) is 16.8 Å². The maximum absolute atomic E-state index is 9.08. The first kappa shape index (κ1) is 65.9. The number of allylic oxidation sites excluding steroid dienone is 8. The fourth-order valence-corrected chi connectivity index (χ4v) is 17.8. The second-order valence-corrected chi connectivity index (χ2v) is 30.4. The summed E-state index contributed by atoms with van der Waals surface area (Å²) < 4.78 is 59.6. The van der Waals surface area contributed by atoms with Crippen LogP contribution in [0.4, 0.5) is 22.7 Å². The molecule has 2 fully saturated rings. The van der Waals surface area contributed by atoms with Crippen LogP contribution in [0.2, 0.25) is 0 Å². The second kappa shape index (κ2) is 26.7. The Bertz CT molecular complexity index is 4540. The van der Waals surface area contributed by atoms with E-state index in [1.807, 2.05) is 0 Å².